The highest BCUT2D eigenvalue weighted by Gasteiger charge is 2.54. The molecule has 0 radical (unpaired) electrons. The molecule has 0 saturated carbocycles. The van der Waals surface area contributed by atoms with Crippen molar-refractivity contribution >= 4 is 16.0 Å². The zero-order valence-electron chi connectivity index (χ0n) is 13.7. The predicted molar refractivity (Wildman–Crippen MR) is 85.3 cm³/mol. The lowest BCUT2D eigenvalue weighted by Gasteiger charge is -2.23. The monoisotopic (exact) mass is 373 g/mol. The first-order chi connectivity index (χ1) is 11.9. The van der Waals surface area contributed by atoms with Gasteiger partial charge in [0.05, 0.1) is 12.5 Å². The summed E-state index contributed by atoms with van der Waals surface area (Å²) in [7, 11) is -2.58. The molecular formula is C16H20FNO6S. The minimum Gasteiger partial charge on any atom is -0.490 e. The topological polar surface area (TPSA) is 93.1 Å². The van der Waals surface area contributed by atoms with Crippen molar-refractivity contribution in [3.63, 3.8) is 0 Å². The van der Waals surface area contributed by atoms with Crippen molar-refractivity contribution in [1.82, 2.24) is 4.31 Å². The normalized spacial score (nSPS) is 26.1. The molecule has 1 aromatic carbocycles. The molecule has 2 saturated heterocycles. The molecule has 2 fully saturated rings. The Balaban J connectivity index is 1.95. The number of benzene rings is 1. The maximum Gasteiger partial charge on any atom is 0.308 e. The van der Waals surface area contributed by atoms with Crippen LogP contribution in [0.5, 0.6) is 5.75 Å². The molecule has 9 heteroatoms. The molecule has 2 heterocycles. The minimum atomic E-state index is -4.07. The number of halogens is 1. The van der Waals surface area contributed by atoms with Gasteiger partial charge in [0.2, 0.25) is 10.0 Å². The van der Waals surface area contributed by atoms with Crippen LogP contribution in [0.1, 0.15) is 19.3 Å². The average Bonchev–Trinajstić information content (AvgIpc) is 3.15. The molecule has 3 atom stereocenters. The number of nitrogens with zero attached hydrogens (tertiary/aromatic N) is 1. The smallest absolute Gasteiger partial charge is 0.308 e. The van der Waals surface area contributed by atoms with E-state index in [9.17, 15) is 22.7 Å². The van der Waals surface area contributed by atoms with E-state index < -0.39 is 33.8 Å². The van der Waals surface area contributed by atoms with Crippen LogP contribution in [0.25, 0.3) is 0 Å². The van der Waals surface area contributed by atoms with Gasteiger partial charge in [-0.3, -0.25) is 4.79 Å². The molecule has 2 bridgehead atoms. The van der Waals surface area contributed by atoms with Crippen LogP contribution in [0.4, 0.5) is 4.39 Å². The highest BCUT2D eigenvalue weighted by Crippen LogP contribution is 2.46. The van der Waals surface area contributed by atoms with Crippen molar-refractivity contribution in [2.75, 3.05) is 20.3 Å². The van der Waals surface area contributed by atoms with E-state index in [0.29, 0.717) is 12.8 Å². The SMILES string of the molecule is COCCOc1ccc(F)cc1S(=O)(=O)N1C2CCC1C(C(=O)O)C2. The Hall–Kier alpha value is -1.71. The maximum absolute atomic E-state index is 13.7. The number of hydrogen-bond acceptors (Lipinski definition) is 5. The standard InChI is InChI=1S/C16H20FNO6S/c1-23-6-7-24-14-5-2-10(17)8-15(14)25(21,22)18-11-3-4-13(18)12(9-11)16(19)20/h2,5,8,11-13H,3-4,6-7,9H2,1H3,(H,19,20). The summed E-state index contributed by atoms with van der Waals surface area (Å²) < 4.78 is 51.5. The van der Waals surface area contributed by atoms with Crippen molar-refractivity contribution in [2.45, 2.75) is 36.2 Å². The first kappa shape index (κ1) is 18.1. The van der Waals surface area contributed by atoms with Gasteiger partial charge in [0.15, 0.2) is 0 Å². The Morgan fingerprint density at radius 3 is 2.76 bits per heavy atom. The summed E-state index contributed by atoms with van der Waals surface area (Å²) in [5.74, 6) is -2.38. The van der Waals surface area contributed by atoms with Crippen LogP contribution >= 0.6 is 0 Å². The molecule has 0 amide bonds. The number of carbonyl (C=O) groups is 1. The van der Waals surface area contributed by atoms with Gasteiger partial charge in [0, 0.05) is 19.2 Å². The van der Waals surface area contributed by atoms with Crippen LogP contribution in [-0.4, -0.2) is 56.2 Å². The van der Waals surface area contributed by atoms with Crippen molar-refractivity contribution in [3.8, 4) is 5.75 Å². The molecule has 0 aromatic heterocycles. The summed E-state index contributed by atoms with van der Waals surface area (Å²) in [6, 6.07) is 2.35. The molecule has 0 aliphatic carbocycles. The van der Waals surface area contributed by atoms with Gasteiger partial charge < -0.3 is 14.6 Å². The molecule has 3 rings (SSSR count). The first-order valence-corrected chi connectivity index (χ1v) is 9.48. The lowest BCUT2D eigenvalue weighted by molar-refractivity contribution is -0.142. The molecule has 1 N–H and O–H groups in total. The van der Waals surface area contributed by atoms with Gasteiger partial charge >= 0.3 is 5.97 Å². The van der Waals surface area contributed by atoms with Crippen LogP contribution in [0.2, 0.25) is 0 Å². The van der Waals surface area contributed by atoms with Crippen molar-refractivity contribution in [2.24, 2.45) is 5.92 Å². The Kier molecular flexibility index (Phi) is 4.99. The van der Waals surface area contributed by atoms with E-state index in [1.807, 2.05) is 0 Å². The zero-order chi connectivity index (χ0) is 18.2. The van der Waals surface area contributed by atoms with Crippen LogP contribution in [0.15, 0.2) is 23.1 Å². The third-order valence-electron chi connectivity index (χ3n) is 4.80. The second kappa shape index (κ2) is 6.89. The van der Waals surface area contributed by atoms with E-state index in [4.69, 9.17) is 9.47 Å². The van der Waals surface area contributed by atoms with Gasteiger partial charge in [-0.15, -0.1) is 0 Å². The van der Waals surface area contributed by atoms with E-state index in [1.54, 1.807) is 0 Å². The molecule has 138 valence electrons. The summed E-state index contributed by atoms with van der Waals surface area (Å²) in [4.78, 5) is 11.1. The zero-order valence-corrected chi connectivity index (χ0v) is 14.5. The Morgan fingerprint density at radius 1 is 1.36 bits per heavy atom. The van der Waals surface area contributed by atoms with Gasteiger partial charge in [0.1, 0.15) is 23.1 Å². The van der Waals surface area contributed by atoms with Crippen molar-refractivity contribution < 1.29 is 32.2 Å². The number of carboxylic acid groups (broad SMARTS) is 1. The number of rotatable bonds is 7. The maximum atomic E-state index is 13.7. The fraction of sp³-hybridized carbons (Fsp3) is 0.562. The Morgan fingerprint density at radius 2 is 2.12 bits per heavy atom. The fourth-order valence-electron chi connectivity index (χ4n) is 3.73. The van der Waals surface area contributed by atoms with Gasteiger partial charge in [-0.1, -0.05) is 0 Å². The number of sulfonamides is 1. The summed E-state index contributed by atoms with van der Waals surface area (Å²) in [6.45, 7) is 0.377. The Labute approximate surface area is 145 Å². The highest BCUT2D eigenvalue weighted by molar-refractivity contribution is 7.89. The van der Waals surface area contributed by atoms with Crippen LogP contribution in [-0.2, 0) is 19.6 Å². The largest absolute Gasteiger partial charge is 0.490 e. The summed E-state index contributed by atoms with van der Waals surface area (Å²) in [6.07, 6.45) is 1.40. The molecular weight excluding hydrogens is 353 g/mol. The van der Waals surface area contributed by atoms with E-state index in [0.717, 1.165) is 12.1 Å². The van der Waals surface area contributed by atoms with Crippen LogP contribution < -0.4 is 4.74 Å². The van der Waals surface area contributed by atoms with Gasteiger partial charge in [0.25, 0.3) is 0 Å². The summed E-state index contributed by atoms with van der Waals surface area (Å²) in [5, 5.41) is 9.31. The number of aliphatic carboxylic acids is 1. The van der Waals surface area contributed by atoms with Crippen molar-refractivity contribution in [1.29, 1.82) is 0 Å². The van der Waals surface area contributed by atoms with E-state index in [2.05, 4.69) is 0 Å². The molecule has 2 aliphatic rings. The molecule has 0 spiro atoms. The second-order valence-corrected chi connectivity index (χ2v) is 8.06. The molecule has 7 nitrogen and oxygen atoms in total. The third kappa shape index (κ3) is 3.23. The number of carboxylic acids is 1. The minimum absolute atomic E-state index is 0.0385. The van der Waals surface area contributed by atoms with Gasteiger partial charge in [-0.05, 0) is 37.5 Å². The van der Waals surface area contributed by atoms with Crippen LogP contribution in [0, 0.1) is 11.7 Å². The quantitative estimate of drug-likeness (QED) is 0.728. The molecule has 2 aliphatic heterocycles. The highest BCUT2D eigenvalue weighted by atomic mass is 32.2. The van der Waals surface area contributed by atoms with Crippen LogP contribution in [0.3, 0.4) is 0 Å². The lowest BCUT2D eigenvalue weighted by Crippen LogP contribution is -2.38. The van der Waals surface area contributed by atoms with E-state index in [1.165, 1.54) is 17.5 Å². The fourth-order valence-corrected chi connectivity index (χ4v) is 5.79. The summed E-state index contributed by atoms with van der Waals surface area (Å²) in [5.41, 5.74) is 0. The third-order valence-corrected chi connectivity index (χ3v) is 6.80. The number of ether oxygens (including phenoxy) is 2. The predicted octanol–water partition coefficient (Wildman–Crippen LogP) is 1.48. The molecule has 25 heavy (non-hydrogen) atoms. The van der Waals surface area contributed by atoms with Gasteiger partial charge in [-0.2, -0.15) is 4.31 Å². The van der Waals surface area contributed by atoms with Gasteiger partial charge in [-0.25, -0.2) is 12.8 Å². The number of hydrogen-bond donors (Lipinski definition) is 1. The number of fused-ring (bicyclic) bond motifs is 2. The molecule has 3 unspecified atom stereocenters. The number of methoxy groups -OCH3 is 1. The second-order valence-electron chi connectivity index (χ2n) is 6.25. The average molecular weight is 373 g/mol. The lowest BCUT2D eigenvalue weighted by atomic mass is 9.89. The van der Waals surface area contributed by atoms with E-state index in [-0.39, 0.29) is 36.3 Å². The van der Waals surface area contributed by atoms with E-state index >= 15 is 0 Å². The molecule has 1 aromatic rings. The van der Waals surface area contributed by atoms with Crippen molar-refractivity contribution in [3.05, 3.63) is 24.0 Å². The summed E-state index contributed by atoms with van der Waals surface area (Å²) >= 11 is 0. The first-order valence-electron chi connectivity index (χ1n) is 8.04. The Bertz CT molecular complexity index is 768.